The van der Waals surface area contributed by atoms with Gasteiger partial charge in [0.2, 0.25) is 0 Å². The van der Waals surface area contributed by atoms with Crippen molar-refractivity contribution in [2.45, 2.75) is 0 Å². The normalized spacial score (nSPS) is 11.7. The molecular weight excluding hydrogens is 715 g/mol. The Balaban J connectivity index is 1.16. The highest BCUT2D eigenvalue weighted by Gasteiger charge is 2.26. The van der Waals surface area contributed by atoms with Gasteiger partial charge >= 0.3 is 0 Å². The highest BCUT2D eigenvalue weighted by atomic mass is 15.1. The van der Waals surface area contributed by atoms with E-state index in [1.807, 2.05) is 0 Å². The van der Waals surface area contributed by atoms with Gasteiger partial charge < -0.3 is 13.7 Å². The fraction of sp³-hybridized carbons (Fsp3) is 0. The molecule has 0 bridgehead atoms. The standard InChI is InChI=1S/C56H37N3/c1-5-18-38(19-6-1)41-34-42(39-20-7-2-8-21-39)36-43(35-41)40-22-17-27-46(37-40)57-49-30-15-13-28-47(49)53-51(57)32-33-52-54(53)56-55(59(52)45-25-11-4-12-26-45)48-29-14-16-31-50(48)58(56)44-23-9-3-10-24-44/h1-37H. The van der Waals surface area contributed by atoms with Gasteiger partial charge in [-0.1, -0.05) is 146 Å². The lowest BCUT2D eigenvalue weighted by molar-refractivity contribution is 1.17. The quantitative estimate of drug-likeness (QED) is 0.161. The highest BCUT2D eigenvalue weighted by molar-refractivity contribution is 6.31. The summed E-state index contributed by atoms with van der Waals surface area (Å²) in [4.78, 5) is 0. The van der Waals surface area contributed by atoms with Crippen molar-refractivity contribution in [3.8, 4) is 50.4 Å². The van der Waals surface area contributed by atoms with Gasteiger partial charge in [-0.2, -0.15) is 0 Å². The lowest BCUT2D eigenvalue weighted by Crippen LogP contribution is -1.96. The maximum Gasteiger partial charge on any atom is 0.0811 e. The van der Waals surface area contributed by atoms with Crippen LogP contribution in [0.15, 0.2) is 224 Å². The Morgan fingerprint density at radius 3 is 1.24 bits per heavy atom. The molecule has 12 rings (SSSR count). The van der Waals surface area contributed by atoms with E-state index in [-0.39, 0.29) is 0 Å². The molecule has 0 spiro atoms. The van der Waals surface area contributed by atoms with E-state index in [4.69, 9.17) is 0 Å². The van der Waals surface area contributed by atoms with Crippen molar-refractivity contribution in [2.75, 3.05) is 0 Å². The van der Waals surface area contributed by atoms with Crippen LogP contribution < -0.4 is 0 Å². The molecular formula is C56H37N3. The minimum absolute atomic E-state index is 1.13. The molecule has 3 nitrogen and oxygen atoms in total. The van der Waals surface area contributed by atoms with Crippen LogP contribution in [0.4, 0.5) is 0 Å². The molecule has 0 amide bonds. The van der Waals surface area contributed by atoms with E-state index in [1.165, 1.54) is 88.0 Å². The van der Waals surface area contributed by atoms with Gasteiger partial charge in [-0.25, -0.2) is 0 Å². The molecule has 3 heterocycles. The van der Waals surface area contributed by atoms with Gasteiger partial charge in [0.15, 0.2) is 0 Å². The molecule has 276 valence electrons. The molecule has 0 fully saturated rings. The number of aromatic nitrogens is 3. The smallest absolute Gasteiger partial charge is 0.0811 e. The van der Waals surface area contributed by atoms with Crippen molar-refractivity contribution in [2.24, 2.45) is 0 Å². The molecule has 3 aromatic heterocycles. The zero-order valence-corrected chi connectivity index (χ0v) is 32.2. The fourth-order valence-electron chi connectivity index (χ4n) is 9.46. The molecule has 0 unspecified atom stereocenters. The lowest BCUT2D eigenvalue weighted by Gasteiger charge is -2.14. The first-order valence-electron chi connectivity index (χ1n) is 20.3. The van der Waals surface area contributed by atoms with Crippen LogP contribution in [0, 0.1) is 0 Å². The van der Waals surface area contributed by atoms with Crippen LogP contribution in [0.5, 0.6) is 0 Å². The third-order valence-electron chi connectivity index (χ3n) is 12.0. The van der Waals surface area contributed by atoms with E-state index in [0.717, 1.165) is 17.1 Å². The molecule has 0 radical (unpaired) electrons. The first kappa shape index (κ1) is 33.3. The molecule has 0 saturated heterocycles. The number of para-hydroxylation sites is 4. The molecule has 0 N–H and O–H groups in total. The van der Waals surface area contributed by atoms with Crippen molar-refractivity contribution >= 4 is 54.6 Å². The fourth-order valence-corrected chi connectivity index (χ4v) is 9.46. The van der Waals surface area contributed by atoms with E-state index < -0.39 is 0 Å². The number of benzene rings is 9. The Morgan fingerprint density at radius 2 is 0.644 bits per heavy atom. The summed E-state index contributed by atoms with van der Waals surface area (Å²) in [5.74, 6) is 0. The Labute approximate surface area is 341 Å². The maximum atomic E-state index is 2.47. The summed E-state index contributed by atoms with van der Waals surface area (Å²) in [6.45, 7) is 0. The van der Waals surface area contributed by atoms with Gasteiger partial charge in [0.1, 0.15) is 0 Å². The average Bonchev–Trinajstić information content (AvgIpc) is 3.95. The van der Waals surface area contributed by atoms with Gasteiger partial charge in [0.05, 0.1) is 33.1 Å². The zero-order chi connectivity index (χ0) is 38.9. The van der Waals surface area contributed by atoms with Gasteiger partial charge in [0, 0.05) is 38.6 Å². The summed E-state index contributed by atoms with van der Waals surface area (Å²) in [6, 6.07) is 81.6. The Morgan fingerprint density at radius 1 is 0.220 bits per heavy atom. The van der Waals surface area contributed by atoms with Crippen LogP contribution in [0.1, 0.15) is 0 Å². The third kappa shape index (κ3) is 5.22. The van der Waals surface area contributed by atoms with E-state index in [1.54, 1.807) is 0 Å². The Kier molecular flexibility index (Phi) is 7.54. The van der Waals surface area contributed by atoms with Crippen molar-refractivity contribution < 1.29 is 0 Å². The second-order valence-electron chi connectivity index (χ2n) is 15.3. The summed E-state index contributed by atoms with van der Waals surface area (Å²) in [5, 5.41) is 4.95. The minimum atomic E-state index is 1.13. The number of hydrogen-bond acceptors (Lipinski definition) is 0. The molecule has 0 saturated carbocycles. The van der Waals surface area contributed by atoms with E-state index in [9.17, 15) is 0 Å². The summed E-state index contributed by atoms with van der Waals surface area (Å²) < 4.78 is 7.42. The summed E-state index contributed by atoms with van der Waals surface area (Å²) in [5.41, 5.74) is 17.7. The van der Waals surface area contributed by atoms with Crippen molar-refractivity contribution in [3.63, 3.8) is 0 Å². The van der Waals surface area contributed by atoms with Crippen LogP contribution in [-0.4, -0.2) is 13.7 Å². The van der Waals surface area contributed by atoms with Crippen LogP contribution in [-0.2, 0) is 0 Å². The van der Waals surface area contributed by atoms with E-state index >= 15 is 0 Å². The minimum Gasteiger partial charge on any atom is -0.309 e. The predicted molar refractivity (Wildman–Crippen MR) is 248 cm³/mol. The molecule has 12 aromatic rings. The average molecular weight is 752 g/mol. The highest BCUT2D eigenvalue weighted by Crippen LogP contribution is 2.46. The van der Waals surface area contributed by atoms with Gasteiger partial charge in [-0.05, 0) is 112 Å². The molecule has 9 aromatic carbocycles. The number of nitrogens with zero attached hydrogens (tertiary/aromatic N) is 3. The Hall–Kier alpha value is -7.88. The third-order valence-corrected chi connectivity index (χ3v) is 12.0. The molecule has 59 heavy (non-hydrogen) atoms. The number of rotatable bonds is 6. The van der Waals surface area contributed by atoms with Gasteiger partial charge in [0.25, 0.3) is 0 Å². The molecule has 3 heteroatoms. The first-order chi connectivity index (χ1) is 29.3. The van der Waals surface area contributed by atoms with Crippen LogP contribution in [0.25, 0.3) is 105 Å². The Bertz CT molecular complexity index is 3420. The van der Waals surface area contributed by atoms with Crippen molar-refractivity contribution in [1.82, 2.24) is 13.7 Å². The van der Waals surface area contributed by atoms with Crippen LogP contribution in [0.3, 0.4) is 0 Å². The summed E-state index contributed by atoms with van der Waals surface area (Å²) in [6.07, 6.45) is 0. The SMILES string of the molecule is c1ccc(-c2cc(-c3ccccc3)cc(-c3cccc(-n4c5ccccc5c5c6c(ccc54)n(-c4ccccc4)c4c5ccccc5n(-c5ccccc5)c64)c3)c2)cc1. The van der Waals surface area contributed by atoms with Gasteiger partial charge in [-0.15, -0.1) is 0 Å². The van der Waals surface area contributed by atoms with E-state index in [2.05, 4.69) is 238 Å². The number of fused-ring (bicyclic) bond motifs is 9. The summed E-state index contributed by atoms with van der Waals surface area (Å²) in [7, 11) is 0. The lowest BCUT2D eigenvalue weighted by atomic mass is 9.93. The van der Waals surface area contributed by atoms with E-state index in [0.29, 0.717) is 0 Å². The largest absolute Gasteiger partial charge is 0.309 e. The molecule has 0 atom stereocenters. The first-order valence-corrected chi connectivity index (χ1v) is 20.3. The monoisotopic (exact) mass is 751 g/mol. The second-order valence-corrected chi connectivity index (χ2v) is 15.3. The van der Waals surface area contributed by atoms with Crippen molar-refractivity contribution in [1.29, 1.82) is 0 Å². The zero-order valence-electron chi connectivity index (χ0n) is 32.2. The van der Waals surface area contributed by atoms with Crippen LogP contribution in [0.2, 0.25) is 0 Å². The molecule has 0 aliphatic heterocycles. The summed E-state index contributed by atoms with van der Waals surface area (Å²) >= 11 is 0. The molecule has 0 aliphatic carbocycles. The predicted octanol–water partition coefficient (Wildman–Crippen LogP) is 14.8. The van der Waals surface area contributed by atoms with Crippen LogP contribution >= 0.6 is 0 Å². The van der Waals surface area contributed by atoms with Crippen molar-refractivity contribution in [3.05, 3.63) is 224 Å². The second kappa shape index (κ2) is 13.4. The topological polar surface area (TPSA) is 14.8 Å². The number of hydrogen-bond donors (Lipinski definition) is 0. The van der Waals surface area contributed by atoms with Gasteiger partial charge in [-0.3, -0.25) is 0 Å². The maximum absolute atomic E-state index is 2.47. The molecule has 0 aliphatic rings.